The molecule has 8 heteroatoms. The average molecular weight is 541 g/mol. The molecule has 3 rings (SSSR count). The van der Waals surface area contributed by atoms with Crippen molar-refractivity contribution in [1.29, 1.82) is 0 Å². The fourth-order valence-corrected chi connectivity index (χ4v) is 3.59. The van der Waals surface area contributed by atoms with Crippen LogP contribution in [-0.2, 0) is 17.7 Å². The van der Waals surface area contributed by atoms with E-state index in [2.05, 4.69) is 45.4 Å². The van der Waals surface area contributed by atoms with Gasteiger partial charge < -0.3 is 20.3 Å². The maximum Gasteiger partial charge on any atom is 0.191 e. The Morgan fingerprint density at radius 3 is 2.55 bits per heavy atom. The zero-order valence-corrected chi connectivity index (χ0v) is 20.8. The van der Waals surface area contributed by atoms with Crippen LogP contribution in [0.5, 0.6) is 0 Å². The maximum absolute atomic E-state index is 13.8. The van der Waals surface area contributed by atoms with Crippen LogP contribution in [0.3, 0.4) is 0 Å². The van der Waals surface area contributed by atoms with Gasteiger partial charge in [0.25, 0.3) is 0 Å². The average Bonchev–Trinajstić information content (AvgIpc) is 2.73. The molecule has 0 bridgehead atoms. The van der Waals surface area contributed by atoms with Crippen molar-refractivity contribution in [2.45, 2.75) is 45.9 Å². The molecule has 2 heterocycles. The summed E-state index contributed by atoms with van der Waals surface area (Å²) in [5, 5.41) is 6.50. The van der Waals surface area contributed by atoms with Gasteiger partial charge in [-0.3, -0.25) is 0 Å². The fourth-order valence-electron chi connectivity index (χ4n) is 3.59. The van der Waals surface area contributed by atoms with E-state index in [4.69, 9.17) is 4.74 Å². The molecule has 1 aliphatic rings. The van der Waals surface area contributed by atoms with Gasteiger partial charge in [-0.1, -0.05) is 24.3 Å². The normalized spacial score (nSPS) is 19.0. The van der Waals surface area contributed by atoms with Gasteiger partial charge >= 0.3 is 0 Å². The molecule has 1 fully saturated rings. The van der Waals surface area contributed by atoms with Gasteiger partial charge in [-0.25, -0.2) is 14.4 Å². The number of morpholine rings is 1. The van der Waals surface area contributed by atoms with Crippen molar-refractivity contribution >= 4 is 35.8 Å². The van der Waals surface area contributed by atoms with Crippen LogP contribution >= 0.6 is 24.0 Å². The highest BCUT2D eigenvalue weighted by atomic mass is 127. The van der Waals surface area contributed by atoms with Crippen LogP contribution in [0.2, 0.25) is 0 Å². The number of nitrogens with zero attached hydrogens (tertiary/aromatic N) is 3. The lowest BCUT2D eigenvalue weighted by Gasteiger charge is -2.36. The number of guanidine groups is 1. The molecule has 0 saturated carbocycles. The number of hydrogen-bond donors (Lipinski definition) is 2. The van der Waals surface area contributed by atoms with Gasteiger partial charge in [0.15, 0.2) is 5.96 Å². The van der Waals surface area contributed by atoms with E-state index < -0.39 is 0 Å². The summed E-state index contributed by atoms with van der Waals surface area (Å²) in [7, 11) is 0. The second kappa shape index (κ2) is 12.8. The number of pyridine rings is 1. The zero-order valence-electron chi connectivity index (χ0n) is 18.5. The molecule has 0 aliphatic carbocycles. The number of nitrogens with one attached hydrogen (secondary N) is 2. The Kier molecular flexibility index (Phi) is 10.5. The predicted molar refractivity (Wildman–Crippen MR) is 135 cm³/mol. The van der Waals surface area contributed by atoms with Gasteiger partial charge in [-0.2, -0.15) is 0 Å². The van der Waals surface area contributed by atoms with E-state index in [0.717, 1.165) is 31.0 Å². The van der Waals surface area contributed by atoms with Crippen molar-refractivity contribution in [2.75, 3.05) is 31.1 Å². The Morgan fingerprint density at radius 2 is 1.90 bits per heavy atom. The Hall–Kier alpha value is -1.94. The SMILES string of the molecule is CCNC(=NCc1ccc(N2CC(C)OC(C)C2)nc1)NCCc1ccccc1F.I. The molecule has 2 aromatic rings. The van der Waals surface area contributed by atoms with E-state index in [1.165, 1.54) is 6.07 Å². The third kappa shape index (κ3) is 7.92. The topological polar surface area (TPSA) is 61.8 Å². The molecule has 170 valence electrons. The minimum atomic E-state index is -0.170. The standard InChI is InChI=1S/C23H32FN5O.HI/c1-4-25-23(26-12-11-20-7-5-6-8-21(20)24)28-14-19-9-10-22(27-13-19)29-15-17(2)30-18(3)16-29;/h5-10,13,17-18H,4,11-12,14-16H2,1-3H3,(H2,25,26,28);1H. The Morgan fingerprint density at radius 1 is 1.16 bits per heavy atom. The molecule has 1 aliphatic heterocycles. The molecule has 1 aromatic heterocycles. The van der Waals surface area contributed by atoms with E-state index in [9.17, 15) is 4.39 Å². The van der Waals surface area contributed by atoms with Gasteiger partial charge in [0.1, 0.15) is 11.6 Å². The van der Waals surface area contributed by atoms with Crippen LogP contribution in [-0.4, -0.2) is 49.3 Å². The van der Waals surface area contributed by atoms with E-state index in [1.807, 2.05) is 31.3 Å². The lowest BCUT2D eigenvalue weighted by molar-refractivity contribution is -0.00545. The number of ether oxygens (including phenoxy) is 1. The van der Waals surface area contributed by atoms with E-state index >= 15 is 0 Å². The lowest BCUT2D eigenvalue weighted by Crippen LogP contribution is -2.45. The van der Waals surface area contributed by atoms with E-state index in [-0.39, 0.29) is 42.0 Å². The first kappa shape index (κ1) is 25.3. The minimum absolute atomic E-state index is 0. The second-order valence-electron chi connectivity index (χ2n) is 7.65. The number of rotatable bonds is 7. The highest BCUT2D eigenvalue weighted by Gasteiger charge is 2.22. The lowest BCUT2D eigenvalue weighted by atomic mass is 10.1. The molecule has 0 amide bonds. The molecule has 31 heavy (non-hydrogen) atoms. The summed E-state index contributed by atoms with van der Waals surface area (Å²) in [4.78, 5) is 11.5. The summed E-state index contributed by atoms with van der Waals surface area (Å²) in [5.41, 5.74) is 1.74. The van der Waals surface area contributed by atoms with Crippen LogP contribution in [0, 0.1) is 5.82 Å². The van der Waals surface area contributed by atoms with Crippen molar-refractivity contribution in [3.05, 3.63) is 59.5 Å². The monoisotopic (exact) mass is 541 g/mol. The van der Waals surface area contributed by atoms with Gasteiger partial charge in [0.05, 0.1) is 18.8 Å². The number of anilines is 1. The Bertz CT molecular complexity index is 823. The zero-order chi connectivity index (χ0) is 21.3. The third-order valence-corrected chi connectivity index (χ3v) is 4.96. The molecular formula is C23H33FIN5O. The number of aromatic nitrogens is 1. The largest absolute Gasteiger partial charge is 0.372 e. The number of aliphatic imine (C=N–C) groups is 1. The molecule has 2 N–H and O–H groups in total. The van der Waals surface area contributed by atoms with Crippen LogP contribution in [0.25, 0.3) is 0 Å². The second-order valence-corrected chi connectivity index (χ2v) is 7.65. The van der Waals surface area contributed by atoms with Crippen LogP contribution in [0.1, 0.15) is 31.9 Å². The van der Waals surface area contributed by atoms with Crippen molar-refractivity contribution in [1.82, 2.24) is 15.6 Å². The highest BCUT2D eigenvalue weighted by molar-refractivity contribution is 14.0. The maximum atomic E-state index is 13.8. The first-order chi connectivity index (χ1) is 14.5. The van der Waals surface area contributed by atoms with Crippen molar-refractivity contribution in [3.63, 3.8) is 0 Å². The van der Waals surface area contributed by atoms with Gasteiger partial charge in [0, 0.05) is 32.4 Å². The molecule has 6 nitrogen and oxygen atoms in total. The molecular weight excluding hydrogens is 508 g/mol. The highest BCUT2D eigenvalue weighted by Crippen LogP contribution is 2.18. The number of hydrogen-bond acceptors (Lipinski definition) is 4. The summed E-state index contributed by atoms with van der Waals surface area (Å²) in [5.74, 6) is 1.52. The number of halogens is 2. The van der Waals surface area contributed by atoms with Crippen LogP contribution in [0.4, 0.5) is 10.2 Å². The molecule has 2 atom stereocenters. The summed E-state index contributed by atoms with van der Waals surface area (Å²) in [6.07, 6.45) is 2.90. The summed E-state index contributed by atoms with van der Waals surface area (Å²) in [6.45, 7) is 9.80. The van der Waals surface area contributed by atoms with Gasteiger partial charge in [-0.15, -0.1) is 24.0 Å². The molecule has 0 spiro atoms. The summed E-state index contributed by atoms with van der Waals surface area (Å²) >= 11 is 0. The van der Waals surface area contributed by atoms with Gasteiger partial charge in [-0.05, 0) is 50.5 Å². The quantitative estimate of drug-likeness (QED) is 0.318. The minimum Gasteiger partial charge on any atom is -0.372 e. The molecule has 1 saturated heterocycles. The van der Waals surface area contributed by atoms with Crippen LogP contribution < -0.4 is 15.5 Å². The first-order valence-electron chi connectivity index (χ1n) is 10.7. The van der Waals surface area contributed by atoms with Crippen molar-refractivity contribution in [3.8, 4) is 0 Å². The van der Waals surface area contributed by atoms with Crippen molar-refractivity contribution in [2.24, 2.45) is 4.99 Å². The predicted octanol–water partition coefficient (Wildman–Crippen LogP) is 3.75. The molecule has 1 aromatic carbocycles. The first-order valence-corrected chi connectivity index (χ1v) is 10.7. The molecule has 2 unspecified atom stereocenters. The molecule has 0 radical (unpaired) electrons. The van der Waals surface area contributed by atoms with E-state index in [0.29, 0.717) is 31.0 Å². The Balaban J connectivity index is 0.00000341. The third-order valence-electron chi connectivity index (χ3n) is 4.96. The van der Waals surface area contributed by atoms with Crippen molar-refractivity contribution < 1.29 is 9.13 Å². The Labute approximate surface area is 201 Å². The number of benzene rings is 1. The summed E-state index contributed by atoms with van der Waals surface area (Å²) < 4.78 is 19.5. The fraction of sp³-hybridized carbons (Fsp3) is 0.478. The van der Waals surface area contributed by atoms with Crippen LogP contribution in [0.15, 0.2) is 47.6 Å². The smallest absolute Gasteiger partial charge is 0.191 e. The van der Waals surface area contributed by atoms with E-state index in [1.54, 1.807) is 6.07 Å². The summed E-state index contributed by atoms with van der Waals surface area (Å²) in [6, 6.07) is 11.0. The van der Waals surface area contributed by atoms with Gasteiger partial charge in [0.2, 0.25) is 0 Å².